The molecule has 0 bridgehead atoms. The van der Waals surface area contributed by atoms with Crippen molar-refractivity contribution in [1.82, 2.24) is 5.32 Å². The van der Waals surface area contributed by atoms with E-state index in [0.717, 1.165) is 73.2 Å². The number of ketones is 1. The third-order valence-corrected chi connectivity index (χ3v) is 15.1. The summed E-state index contributed by atoms with van der Waals surface area (Å²) in [5, 5.41) is 8.01. The Morgan fingerprint density at radius 3 is 2.24 bits per heavy atom. The van der Waals surface area contributed by atoms with Gasteiger partial charge in [0, 0.05) is 28.4 Å². The highest BCUT2D eigenvalue weighted by Gasteiger charge is 2.49. The van der Waals surface area contributed by atoms with Crippen molar-refractivity contribution in [3.8, 4) is 0 Å². The van der Waals surface area contributed by atoms with E-state index in [1.807, 2.05) is 5.38 Å². The Kier molecular flexibility index (Phi) is 8.25. The molecule has 0 radical (unpaired) electrons. The van der Waals surface area contributed by atoms with Gasteiger partial charge >= 0.3 is 6.18 Å². The zero-order chi connectivity index (χ0) is 30.7. The first-order chi connectivity index (χ1) is 19.5. The Balaban J connectivity index is 1.68. The summed E-state index contributed by atoms with van der Waals surface area (Å²) in [5.41, 5.74) is 4.56. The molecule has 0 spiro atoms. The second-order valence-corrected chi connectivity index (χ2v) is 20.2. The Morgan fingerprint density at radius 2 is 1.69 bits per heavy atom. The van der Waals surface area contributed by atoms with Crippen LogP contribution in [0.1, 0.15) is 101 Å². The minimum Gasteiger partial charge on any atom is -0.410 e. The minimum absolute atomic E-state index is 0.00772. The summed E-state index contributed by atoms with van der Waals surface area (Å²) < 4.78 is 47.4. The van der Waals surface area contributed by atoms with Crippen molar-refractivity contribution in [2.24, 2.45) is 11.3 Å². The number of hydrogen-bond donors (Lipinski definition) is 1. The van der Waals surface area contributed by atoms with Gasteiger partial charge in [-0.25, -0.2) is 0 Å². The average molecular weight is 616 g/mol. The van der Waals surface area contributed by atoms with Crippen molar-refractivity contribution in [1.29, 1.82) is 0 Å². The molecule has 2 aliphatic carbocycles. The van der Waals surface area contributed by atoms with Crippen LogP contribution < -0.4 is 5.32 Å². The lowest BCUT2D eigenvalue weighted by atomic mass is 9.66. The first-order valence-corrected chi connectivity index (χ1v) is 19.0. The Hall–Kier alpha value is -2.16. The van der Waals surface area contributed by atoms with E-state index < -0.39 is 20.1 Å². The number of rotatable bonds is 6. The van der Waals surface area contributed by atoms with Gasteiger partial charge in [0.2, 0.25) is 0 Å². The van der Waals surface area contributed by atoms with Gasteiger partial charge in [0.25, 0.3) is 0 Å². The molecule has 1 aliphatic heterocycles. The maximum absolute atomic E-state index is 14.6. The van der Waals surface area contributed by atoms with Crippen LogP contribution in [0, 0.1) is 11.3 Å². The van der Waals surface area contributed by atoms with Crippen LogP contribution in [0.15, 0.2) is 63.6 Å². The topological polar surface area (TPSA) is 38.3 Å². The Labute approximate surface area is 253 Å². The first-order valence-electron chi connectivity index (χ1n) is 15.1. The molecule has 1 aromatic heterocycles. The van der Waals surface area contributed by atoms with Gasteiger partial charge in [-0.1, -0.05) is 59.6 Å². The van der Waals surface area contributed by atoms with E-state index in [-0.39, 0.29) is 39.7 Å². The average Bonchev–Trinajstić information content (AvgIpc) is 3.60. The zero-order valence-corrected chi connectivity index (χ0v) is 27.7. The zero-order valence-electron chi connectivity index (χ0n) is 25.9. The quantitative estimate of drug-likeness (QED) is 0.260. The van der Waals surface area contributed by atoms with Gasteiger partial charge < -0.3 is 9.74 Å². The molecule has 1 aromatic carbocycles. The standard InChI is InChI=1S/C34H44F3NO2SSi/c1-32(2,3)42(6,7)40-26-19-33(4,5)18-25-28(26)27(23-16-17-41-20-23)29(30(38-25)21-10-8-9-11-21)31(39)22-12-14-24(15-13-22)34(35,36)37/h12-17,20-21,26-27,38H,8-11,18-19H2,1-7H3/t26-,27?/m0/s1. The molecule has 1 saturated carbocycles. The fraction of sp³-hybridized carbons (Fsp3) is 0.559. The third kappa shape index (κ3) is 6.09. The van der Waals surface area contributed by atoms with E-state index in [1.165, 1.54) is 12.1 Å². The Morgan fingerprint density at radius 1 is 1.05 bits per heavy atom. The van der Waals surface area contributed by atoms with Gasteiger partial charge in [0.15, 0.2) is 14.1 Å². The fourth-order valence-corrected chi connectivity index (χ4v) is 8.62. The number of benzene rings is 1. The van der Waals surface area contributed by atoms with E-state index in [0.29, 0.717) is 5.57 Å². The van der Waals surface area contributed by atoms with Crippen LogP contribution in [0.5, 0.6) is 0 Å². The summed E-state index contributed by atoms with van der Waals surface area (Å²) >= 11 is 1.60. The van der Waals surface area contributed by atoms with E-state index >= 15 is 0 Å². The molecule has 2 aromatic rings. The van der Waals surface area contributed by atoms with Gasteiger partial charge in [0.1, 0.15) is 0 Å². The van der Waals surface area contributed by atoms with Crippen LogP contribution in [0.3, 0.4) is 0 Å². The van der Waals surface area contributed by atoms with Crippen molar-refractivity contribution < 1.29 is 22.4 Å². The molecule has 1 unspecified atom stereocenters. The van der Waals surface area contributed by atoms with Crippen LogP contribution in [0.25, 0.3) is 0 Å². The molecule has 8 heteroatoms. The summed E-state index contributed by atoms with van der Waals surface area (Å²) in [6.07, 6.45) is 1.30. The number of carbonyl (C=O) groups excluding carboxylic acids is 1. The van der Waals surface area contributed by atoms with E-state index in [1.54, 1.807) is 11.3 Å². The number of hydrogen-bond acceptors (Lipinski definition) is 4. The molecule has 42 heavy (non-hydrogen) atoms. The number of carbonyl (C=O) groups is 1. The highest BCUT2D eigenvalue weighted by molar-refractivity contribution is 7.08. The van der Waals surface area contributed by atoms with Crippen molar-refractivity contribution in [2.45, 2.75) is 109 Å². The van der Waals surface area contributed by atoms with E-state index in [9.17, 15) is 18.0 Å². The highest BCUT2D eigenvalue weighted by atomic mass is 32.1. The SMILES string of the molecule is CC1(C)CC2=C(C(c3ccsc3)C(C(=O)c3ccc(C(F)(F)F)cc3)=C(C3CCCC3)N2)[C@@H](O[Si](C)(C)C(C)(C)C)C1. The van der Waals surface area contributed by atoms with Crippen molar-refractivity contribution >= 4 is 25.4 Å². The van der Waals surface area contributed by atoms with Gasteiger partial charge in [-0.05, 0) is 95.2 Å². The molecule has 2 atom stereocenters. The molecule has 5 rings (SSSR count). The smallest absolute Gasteiger partial charge is 0.410 e. The lowest BCUT2D eigenvalue weighted by Crippen LogP contribution is -2.49. The lowest BCUT2D eigenvalue weighted by Gasteiger charge is -2.49. The number of halogens is 3. The van der Waals surface area contributed by atoms with E-state index in [4.69, 9.17) is 4.43 Å². The molecule has 3 aliphatic rings. The van der Waals surface area contributed by atoms with Crippen LogP contribution in [0.4, 0.5) is 13.2 Å². The van der Waals surface area contributed by atoms with E-state index in [2.05, 4.69) is 64.5 Å². The number of allylic oxidation sites excluding steroid dienone is 3. The predicted molar refractivity (Wildman–Crippen MR) is 167 cm³/mol. The monoisotopic (exact) mass is 615 g/mol. The summed E-state index contributed by atoms with van der Waals surface area (Å²) in [5.74, 6) is -0.279. The number of thiophene rings is 1. The van der Waals surface area contributed by atoms with Crippen LogP contribution in [0.2, 0.25) is 18.1 Å². The third-order valence-electron chi connectivity index (χ3n) is 9.87. The number of Topliss-reactive ketones (excluding diaryl/α,β-unsaturated/α-hetero) is 1. The predicted octanol–water partition coefficient (Wildman–Crippen LogP) is 10.2. The minimum atomic E-state index is -4.45. The molecule has 0 saturated heterocycles. The second-order valence-electron chi connectivity index (χ2n) is 14.7. The van der Waals surface area contributed by atoms with Gasteiger partial charge in [-0.15, -0.1) is 0 Å². The van der Waals surface area contributed by atoms with Crippen molar-refractivity contribution in [3.63, 3.8) is 0 Å². The van der Waals surface area contributed by atoms with Crippen LogP contribution in [-0.4, -0.2) is 20.2 Å². The molecule has 1 N–H and O–H groups in total. The maximum Gasteiger partial charge on any atom is 0.416 e. The molecule has 2 heterocycles. The summed E-state index contributed by atoms with van der Waals surface area (Å²) in [6, 6.07) is 6.83. The van der Waals surface area contributed by atoms with Crippen molar-refractivity contribution in [2.75, 3.05) is 0 Å². The maximum atomic E-state index is 14.6. The molecular formula is C34H44F3NO2SSi. The molecule has 1 fully saturated rings. The summed E-state index contributed by atoms with van der Waals surface area (Å²) in [7, 11) is -2.19. The van der Waals surface area contributed by atoms with Gasteiger partial charge in [-0.3, -0.25) is 4.79 Å². The number of alkyl halides is 3. The number of nitrogens with one attached hydrogen (secondary N) is 1. The van der Waals surface area contributed by atoms with Crippen LogP contribution in [-0.2, 0) is 10.6 Å². The first kappa shape index (κ1) is 31.3. The largest absolute Gasteiger partial charge is 0.416 e. The molecule has 0 amide bonds. The van der Waals surface area contributed by atoms with Gasteiger partial charge in [0.05, 0.1) is 11.7 Å². The van der Waals surface area contributed by atoms with Crippen LogP contribution >= 0.6 is 11.3 Å². The molecular weight excluding hydrogens is 572 g/mol. The Bertz CT molecular complexity index is 1380. The highest BCUT2D eigenvalue weighted by Crippen LogP contribution is 2.53. The molecule has 3 nitrogen and oxygen atoms in total. The van der Waals surface area contributed by atoms with Crippen molar-refractivity contribution in [3.05, 3.63) is 80.3 Å². The number of dihydropyridines is 1. The second kappa shape index (κ2) is 11.1. The fourth-order valence-electron chi connectivity index (χ4n) is 6.66. The normalized spacial score (nSPS) is 23.7. The lowest BCUT2D eigenvalue weighted by molar-refractivity contribution is -0.137. The van der Waals surface area contributed by atoms with Gasteiger partial charge in [-0.2, -0.15) is 24.5 Å². The molecule has 228 valence electrons. The summed E-state index contributed by atoms with van der Waals surface area (Å²) in [4.78, 5) is 14.6. The summed E-state index contributed by atoms with van der Waals surface area (Å²) in [6.45, 7) is 15.9.